The number of nitrogens with zero attached hydrogens (tertiary/aromatic N) is 6. The maximum Gasteiger partial charge on any atom is 1.00 e. The van der Waals surface area contributed by atoms with Gasteiger partial charge in [0.25, 0.3) is 0 Å². The Morgan fingerprint density at radius 3 is 1.28 bits per heavy atom. The molecule has 0 radical (unpaired) electrons. The van der Waals surface area contributed by atoms with Gasteiger partial charge in [-0.2, -0.15) is 0 Å². The van der Waals surface area contributed by atoms with Gasteiger partial charge in [0.1, 0.15) is 11.5 Å². The van der Waals surface area contributed by atoms with Crippen molar-refractivity contribution in [2.45, 2.75) is 12.8 Å². The van der Waals surface area contributed by atoms with E-state index in [0.29, 0.717) is 54.2 Å². The summed E-state index contributed by atoms with van der Waals surface area (Å²) in [7, 11) is 0. The zero-order valence-electron chi connectivity index (χ0n) is 24.9. The summed E-state index contributed by atoms with van der Waals surface area (Å²) in [4.78, 5) is 28.8. The Kier molecular flexibility index (Phi) is 22.1. The van der Waals surface area contributed by atoms with Gasteiger partial charge in [-0.25, -0.2) is 0 Å². The zero-order chi connectivity index (χ0) is 32.9. The van der Waals surface area contributed by atoms with Gasteiger partial charge >= 0.3 is 29.6 Å². The maximum atomic E-state index is 12.3. The van der Waals surface area contributed by atoms with Gasteiger partial charge in [0, 0.05) is 46.2 Å². The minimum absolute atomic E-state index is 0. The number of ether oxygens (including phenoxy) is 2. The van der Waals surface area contributed by atoms with E-state index in [1.807, 2.05) is 72.8 Å². The first kappa shape index (κ1) is 41.4. The van der Waals surface area contributed by atoms with Gasteiger partial charge in [-0.15, -0.1) is 0 Å². The number of alkyl halides is 1. The minimum atomic E-state index is -0.00805. The van der Waals surface area contributed by atoms with Crippen molar-refractivity contribution in [2.24, 2.45) is 5.11 Å². The van der Waals surface area contributed by atoms with Crippen LogP contribution in [-0.2, 0) is 0 Å². The number of carbonyl (C=O) groups excluding carboxylic acids is 2. The van der Waals surface area contributed by atoms with Crippen LogP contribution in [0.25, 0.3) is 26.4 Å². The molecule has 0 bridgehead atoms. The molecule has 0 aliphatic carbocycles. The molecule has 232 valence electrons. The quantitative estimate of drug-likeness (QED) is 0.0204. The Hall–Kier alpha value is -2.62. The molecule has 0 aliphatic heterocycles. The average Bonchev–Trinajstić information content (AvgIpc) is 3.06. The molecule has 0 saturated carbocycles. The molecule has 14 heteroatoms. The molecule has 46 heavy (non-hydrogen) atoms. The summed E-state index contributed by atoms with van der Waals surface area (Å²) in [5, 5.41) is 4.36. The molecule has 4 aromatic carbocycles. The van der Waals surface area contributed by atoms with Gasteiger partial charge < -0.3 is 20.5 Å². The second-order valence-corrected chi connectivity index (χ2v) is 12.1. The van der Waals surface area contributed by atoms with Crippen LogP contribution in [0.5, 0.6) is 11.5 Å². The van der Waals surface area contributed by atoms with Crippen LogP contribution in [0.2, 0.25) is 0 Å². The molecule has 0 heterocycles. The summed E-state index contributed by atoms with van der Waals surface area (Å²) in [6.45, 7) is 1.57. The van der Waals surface area contributed by atoms with Gasteiger partial charge in [-0.05, 0) is 161 Å². The molecule has 0 aromatic heterocycles. The average molecular weight is 917 g/mol. The normalized spacial score (nSPS) is 9.37. The molecule has 0 fully saturated rings. The van der Waals surface area contributed by atoms with Crippen molar-refractivity contribution in [2.75, 3.05) is 25.1 Å². The number of azide groups is 1. The van der Waals surface area contributed by atoms with Crippen LogP contribution >= 0.6 is 61.1 Å². The van der Waals surface area contributed by atoms with Crippen LogP contribution in [0.3, 0.4) is 0 Å². The molecule has 0 N–H and O–H groups in total. The predicted octanol–water partition coefficient (Wildman–Crippen LogP) is 7.16. The van der Waals surface area contributed by atoms with Crippen molar-refractivity contribution in [3.8, 4) is 11.5 Å². The number of halogens is 3. The third kappa shape index (κ3) is 15.8. The maximum absolute atomic E-state index is 12.3. The van der Waals surface area contributed by atoms with Gasteiger partial charge in [-0.3, -0.25) is 14.5 Å². The Bertz CT molecular complexity index is 1580. The summed E-state index contributed by atoms with van der Waals surface area (Å²) >= 11 is 7.79. The van der Waals surface area contributed by atoms with Gasteiger partial charge in [0.15, 0.2) is 11.6 Å². The number of hydrogen-bond donors (Lipinski definition) is 0. The Morgan fingerprint density at radius 1 is 0.630 bits per heavy atom. The first-order chi connectivity index (χ1) is 21.8. The van der Waals surface area contributed by atoms with E-state index in [9.17, 15) is 9.59 Å². The fourth-order valence-corrected chi connectivity index (χ4v) is 4.50. The number of ketones is 2. The van der Waals surface area contributed by atoms with Crippen LogP contribution in [0.1, 0.15) is 44.7 Å². The van der Waals surface area contributed by atoms with Crippen molar-refractivity contribution in [1.29, 1.82) is 0 Å². The fourth-order valence-electron chi connectivity index (χ4n) is 3.56. The minimum Gasteiger partial charge on any atom is -0.494 e. The molecule has 4 rings (SSSR count). The monoisotopic (exact) mass is 916 g/mol. The Morgan fingerprint density at radius 2 is 0.957 bits per heavy atom. The van der Waals surface area contributed by atoms with Crippen molar-refractivity contribution < 1.29 is 48.6 Å². The summed E-state index contributed by atoms with van der Waals surface area (Å²) < 4.78 is 13.3. The largest absolute Gasteiger partial charge is 1.00 e. The van der Waals surface area contributed by atoms with Crippen molar-refractivity contribution >= 4 is 72.7 Å². The molecule has 4 aromatic rings. The van der Waals surface area contributed by atoms with Crippen LogP contribution in [0, 0.1) is 7.14 Å². The van der Waals surface area contributed by atoms with Crippen LogP contribution in [-0.4, -0.2) is 36.7 Å². The summed E-state index contributed by atoms with van der Waals surface area (Å²) in [5.74, 6) is 1.52. The molecule has 0 unspecified atom stereocenters. The van der Waals surface area contributed by atoms with Crippen molar-refractivity contribution in [1.82, 2.24) is 0 Å². The van der Waals surface area contributed by atoms with Gasteiger partial charge in [0.2, 0.25) is 0 Å². The SMILES string of the molecule is O=C(c1ccc(I)cc1)c1ccc(OCCCBr)cc1.[N-]=[N+]=NCCCOc1ccc(C(=O)c2ccc(I)cc2)cc1.[N-]=[N+]=[N-].[Na+]. The van der Waals surface area contributed by atoms with Crippen LogP contribution in [0.4, 0.5) is 0 Å². The molecule has 0 amide bonds. The second-order valence-electron chi connectivity index (χ2n) is 8.86. The third-order valence-electron chi connectivity index (χ3n) is 5.73. The summed E-state index contributed by atoms with van der Waals surface area (Å²) in [6, 6.07) is 29.4. The van der Waals surface area contributed by atoms with E-state index in [-0.39, 0.29) is 41.1 Å². The van der Waals surface area contributed by atoms with E-state index in [1.54, 1.807) is 24.3 Å². The van der Waals surface area contributed by atoms with E-state index >= 15 is 0 Å². The van der Waals surface area contributed by atoms with Crippen LogP contribution < -0.4 is 39.0 Å². The second kappa shape index (κ2) is 24.5. The van der Waals surface area contributed by atoms with E-state index < -0.39 is 0 Å². The van der Waals surface area contributed by atoms with Crippen LogP contribution in [0.15, 0.2) is 102 Å². The molecular weight excluding hydrogens is 889 g/mol. The van der Waals surface area contributed by atoms with Crippen molar-refractivity contribution in [3.63, 3.8) is 0 Å². The predicted molar refractivity (Wildman–Crippen MR) is 196 cm³/mol. The van der Waals surface area contributed by atoms with E-state index in [2.05, 4.69) is 71.1 Å². The Balaban J connectivity index is 0.000000417. The van der Waals surface area contributed by atoms with Gasteiger partial charge in [0.05, 0.1) is 13.2 Å². The molecule has 0 spiro atoms. The van der Waals surface area contributed by atoms with E-state index in [4.69, 9.17) is 26.1 Å². The standard InChI is InChI=1S/C16H14BrIO2.C16H14IN3O2.N3.Na/c17-10-1-11-20-15-8-4-13(5-9-15)16(19)12-2-6-14(18)7-3-12;17-14-6-2-12(3-7-14)16(21)13-4-8-15(9-5-13)22-11-1-10-19-20-18;1-3-2;/h2-9H,1,10-11H2;2-9H,1,10-11H2;;/q;;-1;+1. The Labute approximate surface area is 325 Å². The summed E-state index contributed by atoms with van der Waals surface area (Å²) in [5.41, 5.74) is 24.3. The number of rotatable bonds is 13. The topological polar surface area (TPSA) is 160 Å². The fraction of sp³-hybridized carbons (Fsp3) is 0.188. The van der Waals surface area contributed by atoms with E-state index in [0.717, 1.165) is 24.6 Å². The van der Waals surface area contributed by atoms with Gasteiger partial charge in [-0.1, -0.05) is 21.0 Å². The van der Waals surface area contributed by atoms with E-state index in [1.165, 1.54) is 4.91 Å². The first-order valence-corrected chi connectivity index (χ1v) is 16.7. The number of carbonyl (C=O) groups is 2. The summed E-state index contributed by atoms with van der Waals surface area (Å²) in [6.07, 6.45) is 1.62. The molecular formula is C32H28BrI2N6NaO4. The third-order valence-corrected chi connectivity index (χ3v) is 7.73. The number of benzene rings is 4. The number of hydrogen-bond acceptors (Lipinski definition) is 5. The smallest absolute Gasteiger partial charge is 0.494 e. The first-order valence-electron chi connectivity index (χ1n) is 13.4. The molecule has 0 aliphatic rings. The molecule has 0 atom stereocenters. The molecule has 0 saturated heterocycles. The molecule has 10 nitrogen and oxygen atoms in total. The zero-order valence-corrected chi connectivity index (χ0v) is 32.8. The van der Waals surface area contributed by atoms with Crippen molar-refractivity contribution in [3.05, 3.63) is 153 Å².